The van der Waals surface area contributed by atoms with Gasteiger partial charge in [0.05, 0.1) is 18.8 Å². The van der Waals surface area contributed by atoms with E-state index in [1.54, 1.807) is 18.2 Å². The lowest BCUT2D eigenvalue weighted by Crippen LogP contribution is -2.24. The average Bonchev–Trinajstić information content (AvgIpc) is 3.18. The molecule has 3 rings (SSSR count). The molecule has 1 N–H and O–H groups in total. The first-order valence-electron chi connectivity index (χ1n) is 8.71. The molecule has 27 heavy (non-hydrogen) atoms. The number of amides is 1. The standard InChI is InChI=1S/C20H21F2NO4/c1-25-19-9-13(4-7-18(19)27-12-15-3-2-8-26-15)11-23-20(24)16-6-5-14(21)10-17(16)22/h4-7,9-10,15H,2-3,8,11-12H2,1H3,(H,23,24)/t15-/m0/s1. The van der Waals surface area contributed by atoms with Crippen LogP contribution in [0.15, 0.2) is 36.4 Å². The van der Waals surface area contributed by atoms with Crippen LogP contribution in [0.4, 0.5) is 8.78 Å². The summed E-state index contributed by atoms with van der Waals surface area (Å²) < 4.78 is 43.2. The largest absolute Gasteiger partial charge is 0.493 e. The third-order valence-electron chi connectivity index (χ3n) is 4.31. The summed E-state index contributed by atoms with van der Waals surface area (Å²) in [4.78, 5) is 12.1. The van der Waals surface area contributed by atoms with Crippen molar-refractivity contribution in [1.29, 1.82) is 0 Å². The van der Waals surface area contributed by atoms with Gasteiger partial charge in [0.1, 0.15) is 18.2 Å². The van der Waals surface area contributed by atoms with E-state index < -0.39 is 17.5 Å². The van der Waals surface area contributed by atoms with Crippen molar-refractivity contribution in [2.75, 3.05) is 20.3 Å². The van der Waals surface area contributed by atoms with E-state index in [1.807, 2.05) is 0 Å². The Labute approximate surface area is 156 Å². The highest BCUT2D eigenvalue weighted by Gasteiger charge is 2.17. The Morgan fingerprint density at radius 2 is 2.07 bits per heavy atom. The fourth-order valence-corrected chi connectivity index (χ4v) is 2.85. The van der Waals surface area contributed by atoms with Crippen LogP contribution in [0.2, 0.25) is 0 Å². The Morgan fingerprint density at radius 1 is 1.22 bits per heavy atom. The predicted octanol–water partition coefficient (Wildman–Crippen LogP) is 3.46. The minimum absolute atomic E-state index is 0.0966. The van der Waals surface area contributed by atoms with Gasteiger partial charge in [-0.05, 0) is 42.7 Å². The second kappa shape index (κ2) is 8.81. The molecule has 0 radical (unpaired) electrons. The van der Waals surface area contributed by atoms with Gasteiger partial charge in [-0.2, -0.15) is 0 Å². The quantitative estimate of drug-likeness (QED) is 0.803. The molecule has 1 heterocycles. The minimum atomic E-state index is -0.900. The summed E-state index contributed by atoms with van der Waals surface area (Å²) in [6.45, 7) is 1.38. The molecule has 1 aliphatic rings. The number of halogens is 2. The van der Waals surface area contributed by atoms with E-state index in [2.05, 4.69) is 5.32 Å². The number of nitrogens with one attached hydrogen (secondary N) is 1. The molecule has 1 amide bonds. The number of carbonyl (C=O) groups excluding carboxylic acids is 1. The van der Waals surface area contributed by atoms with Crippen LogP contribution >= 0.6 is 0 Å². The maximum absolute atomic E-state index is 13.7. The Bertz CT molecular complexity index is 807. The SMILES string of the molecule is COc1cc(CNC(=O)c2ccc(F)cc2F)ccc1OC[C@@H]1CCCO1. The molecule has 1 aliphatic heterocycles. The van der Waals surface area contributed by atoms with Crippen molar-refractivity contribution in [3.63, 3.8) is 0 Å². The fraction of sp³-hybridized carbons (Fsp3) is 0.350. The van der Waals surface area contributed by atoms with Crippen molar-refractivity contribution in [2.24, 2.45) is 0 Å². The summed E-state index contributed by atoms with van der Waals surface area (Å²) in [6.07, 6.45) is 2.12. The maximum atomic E-state index is 13.7. The first kappa shape index (κ1) is 19.1. The number of hydrogen-bond acceptors (Lipinski definition) is 4. The van der Waals surface area contributed by atoms with Gasteiger partial charge in [-0.1, -0.05) is 6.07 Å². The first-order chi connectivity index (χ1) is 13.1. The zero-order valence-corrected chi connectivity index (χ0v) is 15.0. The number of carbonyl (C=O) groups is 1. The predicted molar refractivity (Wildman–Crippen MR) is 95.0 cm³/mol. The first-order valence-corrected chi connectivity index (χ1v) is 8.71. The van der Waals surface area contributed by atoms with Crippen molar-refractivity contribution < 1.29 is 27.8 Å². The molecule has 0 aromatic heterocycles. The lowest BCUT2D eigenvalue weighted by molar-refractivity contribution is 0.0669. The molecule has 1 atom stereocenters. The van der Waals surface area contributed by atoms with Crippen molar-refractivity contribution in [3.8, 4) is 11.5 Å². The number of benzene rings is 2. The molecular formula is C20H21F2NO4. The highest BCUT2D eigenvalue weighted by Crippen LogP contribution is 2.29. The third kappa shape index (κ3) is 4.95. The van der Waals surface area contributed by atoms with Gasteiger partial charge >= 0.3 is 0 Å². The maximum Gasteiger partial charge on any atom is 0.254 e. The molecule has 0 aliphatic carbocycles. The van der Waals surface area contributed by atoms with Gasteiger partial charge in [0, 0.05) is 19.2 Å². The van der Waals surface area contributed by atoms with E-state index in [-0.39, 0.29) is 18.2 Å². The topological polar surface area (TPSA) is 56.8 Å². The van der Waals surface area contributed by atoms with E-state index in [4.69, 9.17) is 14.2 Å². The Kier molecular flexibility index (Phi) is 6.24. The second-order valence-corrected chi connectivity index (χ2v) is 6.24. The Morgan fingerprint density at radius 3 is 2.78 bits per heavy atom. The number of ether oxygens (including phenoxy) is 3. The number of hydrogen-bond donors (Lipinski definition) is 1. The highest BCUT2D eigenvalue weighted by atomic mass is 19.1. The Balaban J connectivity index is 1.60. The molecule has 0 spiro atoms. The van der Waals surface area contributed by atoms with E-state index in [0.717, 1.165) is 37.1 Å². The summed E-state index contributed by atoms with van der Waals surface area (Å²) in [5.74, 6) is -1.12. The van der Waals surface area contributed by atoms with Gasteiger partial charge in [-0.3, -0.25) is 4.79 Å². The van der Waals surface area contributed by atoms with Gasteiger partial charge in [0.15, 0.2) is 11.5 Å². The molecule has 7 heteroatoms. The summed E-state index contributed by atoms with van der Waals surface area (Å²) >= 11 is 0. The van der Waals surface area contributed by atoms with Gasteiger partial charge in [0.2, 0.25) is 0 Å². The number of methoxy groups -OCH3 is 1. The lowest BCUT2D eigenvalue weighted by atomic mass is 10.1. The van der Waals surface area contributed by atoms with Crippen LogP contribution in [-0.4, -0.2) is 32.3 Å². The van der Waals surface area contributed by atoms with Crippen molar-refractivity contribution in [1.82, 2.24) is 5.32 Å². The zero-order chi connectivity index (χ0) is 19.2. The van der Waals surface area contributed by atoms with Crippen LogP contribution in [0.5, 0.6) is 11.5 Å². The molecule has 0 unspecified atom stereocenters. The summed E-state index contributed by atoms with van der Waals surface area (Å²) in [5, 5.41) is 2.61. The fourth-order valence-electron chi connectivity index (χ4n) is 2.85. The molecular weight excluding hydrogens is 356 g/mol. The highest BCUT2D eigenvalue weighted by molar-refractivity contribution is 5.94. The Hall–Kier alpha value is -2.67. The van der Waals surface area contributed by atoms with Crippen LogP contribution in [-0.2, 0) is 11.3 Å². The van der Waals surface area contributed by atoms with Gasteiger partial charge in [-0.15, -0.1) is 0 Å². The lowest BCUT2D eigenvalue weighted by Gasteiger charge is -2.15. The molecule has 0 bridgehead atoms. The minimum Gasteiger partial charge on any atom is -0.493 e. The van der Waals surface area contributed by atoms with E-state index in [0.29, 0.717) is 24.2 Å². The van der Waals surface area contributed by atoms with Crippen molar-refractivity contribution in [2.45, 2.75) is 25.5 Å². The van der Waals surface area contributed by atoms with Crippen LogP contribution < -0.4 is 14.8 Å². The van der Waals surface area contributed by atoms with E-state index in [1.165, 1.54) is 7.11 Å². The van der Waals surface area contributed by atoms with Gasteiger partial charge in [-0.25, -0.2) is 8.78 Å². The monoisotopic (exact) mass is 377 g/mol. The molecule has 1 fully saturated rings. The van der Waals surface area contributed by atoms with Crippen LogP contribution in [0.25, 0.3) is 0 Å². The van der Waals surface area contributed by atoms with E-state index >= 15 is 0 Å². The van der Waals surface area contributed by atoms with Crippen LogP contribution in [0, 0.1) is 11.6 Å². The van der Waals surface area contributed by atoms with Gasteiger partial charge in [0.25, 0.3) is 5.91 Å². The molecule has 2 aromatic rings. The van der Waals surface area contributed by atoms with Crippen LogP contribution in [0.1, 0.15) is 28.8 Å². The summed E-state index contributed by atoms with van der Waals surface area (Å²) in [5.41, 5.74) is 0.548. The molecule has 0 saturated carbocycles. The second-order valence-electron chi connectivity index (χ2n) is 6.24. The zero-order valence-electron chi connectivity index (χ0n) is 15.0. The normalized spacial score (nSPS) is 16.2. The summed E-state index contributed by atoms with van der Waals surface area (Å²) in [6, 6.07) is 8.12. The van der Waals surface area contributed by atoms with Crippen LogP contribution in [0.3, 0.4) is 0 Å². The molecule has 1 saturated heterocycles. The average molecular weight is 377 g/mol. The third-order valence-corrected chi connectivity index (χ3v) is 4.31. The molecule has 144 valence electrons. The smallest absolute Gasteiger partial charge is 0.254 e. The van der Waals surface area contributed by atoms with Crippen molar-refractivity contribution >= 4 is 5.91 Å². The molecule has 5 nitrogen and oxygen atoms in total. The summed E-state index contributed by atoms with van der Waals surface area (Å²) in [7, 11) is 1.53. The number of rotatable bonds is 7. The van der Waals surface area contributed by atoms with E-state index in [9.17, 15) is 13.6 Å². The van der Waals surface area contributed by atoms with Gasteiger partial charge < -0.3 is 19.5 Å². The van der Waals surface area contributed by atoms with Crippen molar-refractivity contribution in [3.05, 3.63) is 59.2 Å². The molecule has 2 aromatic carbocycles.